The molecular weight excluding hydrogens is 258 g/mol. The molecule has 1 unspecified atom stereocenters. The first-order chi connectivity index (χ1) is 10.1. The maximum atomic E-state index is 3.90. The molecule has 0 aromatic carbocycles. The van der Waals surface area contributed by atoms with E-state index in [-0.39, 0.29) is 0 Å². The third-order valence-electron chi connectivity index (χ3n) is 5.85. The highest BCUT2D eigenvalue weighted by molar-refractivity contribution is 5.00. The molecular formula is C18H37N3. The summed E-state index contributed by atoms with van der Waals surface area (Å²) >= 11 is 0. The predicted octanol–water partition coefficient (Wildman–Crippen LogP) is 3.10. The molecule has 1 N–H and O–H groups in total. The average molecular weight is 296 g/mol. The van der Waals surface area contributed by atoms with E-state index < -0.39 is 0 Å². The van der Waals surface area contributed by atoms with E-state index in [4.69, 9.17) is 0 Å². The summed E-state index contributed by atoms with van der Waals surface area (Å²) in [5.41, 5.74) is 0.473. The van der Waals surface area contributed by atoms with Crippen LogP contribution in [0.5, 0.6) is 0 Å². The van der Waals surface area contributed by atoms with Gasteiger partial charge in [0.2, 0.25) is 0 Å². The lowest BCUT2D eigenvalue weighted by atomic mass is 9.91. The van der Waals surface area contributed by atoms with Crippen molar-refractivity contribution in [3.8, 4) is 0 Å². The molecule has 2 rings (SSSR count). The van der Waals surface area contributed by atoms with Crippen molar-refractivity contribution in [2.45, 2.75) is 83.3 Å². The van der Waals surface area contributed by atoms with Crippen LogP contribution in [-0.2, 0) is 0 Å². The minimum atomic E-state index is 0.473. The number of rotatable bonds is 7. The number of hydrogen-bond acceptors (Lipinski definition) is 3. The third-order valence-corrected chi connectivity index (χ3v) is 5.85. The number of nitrogens with one attached hydrogen (secondary N) is 1. The molecule has 1 heterocycles. The van der Waals surface area contributed by atoms with Gasteiger partial charge in [-0.3, -0.25) is 4.90 Å². The summed E-state index contributed by atoms with van der Waals surface area (Å²) in [7, 11) is 2.25. The van der Waals surface area contributed by atoms with E-state index in [1.54, 1.807) is 0 Å². The van der Waals surface area contributed by atoms with Gasteiger partial charge in [-0.25, -0.2) is 0 Å². The van der Waals surface area contributed by atoms with E-state index in [0.29, 0.717) is 11.6 Å². The fraction of sp³-hybridized carbons (Fsp3) is 1.00. The van der Waals surface area contributed by atoms with Gasteiger partial charge in [0.25, 0.3) is 0 Å². The smallest absolute Gasteiger partial charge is 0.0309 e. The largest absolute Gasteiger partial charge is 0.308 e. The molecule has 2 aliphatic rings. The first-order valence-electron chi connectivity index (χ1n) is 9.25. The first kappa shape index (κ1) is 17.2. The Labute approximate surface area is 132 Å². The highest BCUT2D eigenvalue weighted by atomic mass is 15.3. The van der Waals surface area contributed by atoms with Crippen molar-refractivity contribution >= 4 is 0 Å². The van der Waals surface area contributed by atoms with Gasteiger partial charge < -0.3 is 10.2 Å². The Morgan fingerprint density at radius 3 is 2.57 bits per heavy atom. The molecule has 1 atom stereocenters. The predicted molar refractivity (Wildman–Crippen MR) is 91.9 cm³/mol. The van der Waals surface area contributed by atoms with Crippen molar-refractivity contribution < 1.29 is 0 Å². The molecule has 0 bridgehead atoms. The van der Waals surface area contributed by atoms with Crippen LogP contribution in [0.3, 0.4) is 0 Å². The molecule has 124 valence electrons. The van der Waals surface area contributed by atoms with Gasteiger partial charge in [0, 0.05) is 30.7 Å². The molecule has 1 aliphatic heterocycles. The first-order valence-corrected chi connectivity index (χ1v) is 9.25. The number of unbranched alkanes of at least 4 members (excludes halogenated alkanes) is 1. The van der Waals surface area contributed by atoms with Crippen molar-refractivity contribution in [1.29, 1.82) is 0 Å². The quantitative estimate of drug-likeness (QED) is 0.728. The lowest BCUT2D eigenvalue weighted by Gasteiger charge is -2.46. The highest BCUT2D eigenvalue weighted by Crippen LogP contribution is 2.33. The maximum absolute atomic E-state index is 3.90. The lowest BCUT2D eigenvalue weighted by Crippen LogP contribution is -2.63. The topological polar surface area (TPSA) is 18.5 Å². The van der Waals surface area contributed by atoms with Gasteiger partial charge in [-0.15, -0.1) is 0 Å². The van der Waals surface area contributed by atoms with Gasteiger partial charge in [-0.05, 0) is 66.1 Å². The van der Waals surface area contributed by atoms with Gasteiger partial charge in [0.05, 0.1) is 0 Å². The summed E-state index contributed by atoms with van der Waals surface area (Å²) in [4.78, 5) is 5.27. The summed E-state index contributed by atoms with van der Waals surface area (Å²) < 4.78 is 0. The number of hydrogen-bond donors (Lipinski definition) is 1. The Hall–Kier alpha value is -0.120. The number of piperazine rings is 1. The molecule has 1 aliphatic carbocycles. The van der Waals surface area contributed by atoms with E-state index in [9.17, 15) is 0 Å². The Kier molecular flexibility index (Phi) is 6.51. The SMILES string of the molecule is CCC1CNC2(CCCC2)CN1CCCCN(C)C(C)C. The number of nitrogens with zero attached hydrogens (tertiary/aromatic N) is 2. The van der Waals surface area contributed by atoms with Crippen LogP contribution in [0, 0.1) is 0 Å². The summed E-state index contributed by atoms with van der Waals surface area (Å²) in [5, 5.41) is 3.90. The van der Waals surface area contributed by atoms with E-state index >= 15 is 0 Å². The molecule has 0 aromatic rings. The van der Waals surface area contributed by atoms with Crippen LogP contribution in [-0.4, -0.2) is 60.6 Å². The minimum Gasteiger partial charge on any atom is -0.308 e. The summed E-state index contributed by atoms with van der Waals surface area (Å²) in [6, 6.07) is 1.44. The zero-order valence-electron chi connectivity index (χ0n) is 14.8. The summed E-state index contributed by atoms with van der Waals surface area (Å²) in [6.07, 6.45) is 9.63. The van der Waals surface area contributed by atoms with Crippen LogP contribution in [0.2, 0.25) is 0 Å². The van der Waals surface area contributed by atoms with Crippen molar-refractivity contribution in [2.24, 2.45) is 0 Å². The standard InChI is InChI=1S/C18H37N3/c1-5-17-14-19-18(10-6-7-11-18)15-21(17)13-9-8-12-20(4)16(2)3/h16-17,19H,5-15H2,1-4H3. The van der Waals surface area contributed by atoms with Gasteiger partial charge >= 0.3 is 0 Å². The van der Waals surface area contributed by atoms with Crippen LogP contribution in [0.15, 0.2) is 0 Å². The van der Waals surface area contributed by atoms with Crippen molar-refractivity contribution in [1.82, 2.24) is 15.1 Å². The Balaban J connectivity index is 1.76. The molecule has 0 amide bonds. The molecule has 0 aromatic heterocycles. The van der Waals surface area contributed by atoms with Crippen molar-refractivity contribution in [2.75, 3.05) is 33.2 Å². The lowest BCUT2D eigenvalue weighted by molar-refractivity contribution is 0.0759. The fourth-order valence-corrected chi connectivity index (χ4v) is 4.02. The van der Waals surface area contributed by atoms with Crippen molar-refractivity contribution in [3.63, 3.8) is 0 Å². The molecule has 1 saturated carbocycles. The maximum Gasteiger partial charge on any atom is 0.0309 e. The Morgan fingerprint density at radius 2 is 1.95 bits per heavy atom. The van der Waals surface area contributed by atoms with Gasteiger partial charge in [-0.1, -0.05) is 19.8 Å². The Bertz CT molecular complexity index is 297. The summed E-state index contributed by atoms with van der Waals surface area (Å²) in [5.74, 6) is 0. The van der Waals surface area contributed by atoms with E-state index in [2.05, 4.69) is 42.9 Å². The normalized spacial score (nSPS) is 26.3. The monoisotopic (exact) mass is 295 g/mol. The van der Waals surface area contributed by atoms with Gasteiger partial charge in [0.15, 0.2) is 0 Å². The molecule has 3 nitrogen and oxygen atoms in total. The highest BCUT2D eigenvalue weighted by Gasteiger charge is 2.40. The molecule has 3 heteroatoms. The summed E-state index contributed by atoms with van der Waals surface area (Å²) in [6.45, 7) is 12.0. The zero-order chi connectivity index (χ0) is 15.3. The second kappa shape index (κ2) is 7.94. The van der Waals surface area contributed by atoms with Crippen LogP contribution in [0.4, 0.5) is 0 Å². The zero-order valence-corrected chi connectivity index (χ0v) is 14.8. The third kappa shape index (κ3) is 4.67. The van der Waals surface area contributed by atoms with Crippen LogP contribution >= 0.6 is 0 Å². The van der Waals surface area contributed by atoms with Crippen LogP contribution in [0.1, 0.15) is 65.7 Å². The second-order valence-electron chi connectivity index (χ2n) is 7.68. The Morgan fingerprint density at radius 1 is 1.24 bits per heavy atom. The molecule has 2 fully saturated rings. The van der Waals surface area contributed by atoms with Crippen LogP contribution in [0.25, 0.3) is 0 Å². The molecule has 0 radical (unpaired) electrons. The van der Waals surface area contributed by atoms with E-state index in [0.717, 1.165) is 6.04 Å². The fourth-order valence-electron chi connectivity index (χ4n) is 4.02. The molecule has 1 saturated heterocycles. The van der Waals surface area contributed by atoms with E-state index in [1.807, 2.05) is 0 Å². The average Bonchev–Trinajstić information content (AvgIpc) is 2.91. The molecule has 1 spiro atoms. The van der Waals surface area contributed by atoms with Crippen LogP contribution < -0.4 is 5.32 Å². The van der Waals surface area contributed by atoms with E-state index in [1.165, 1.54) is 71.1 Å². The van der Waals surface area contributed by atoms with Crippen molar-refractivity contribution in [3.05, 3.63) is 0 Å². The van der Waals surface area contributed by atoms with Gasteiger partial charge in [0.1, 0.15) is 0 Å². The van der Waals surface area contributed by atoms with Gasteiger partial charge in [-0.2, -0.15) is 0 Å². The second-order valence-corrected chi connectivity index (χ2v) is 7.68. The minimum absolute atomic E-state index is 0.473. The molecule has 21 heavy (non-hydrogen) atoms.